The van der Waals surface area contributed by atoms with Crippen molar-refractivity contribution in [1.29, 1.82) is 0 Å². The van der Waals surface area contributed by atoms with Crippen molar-refractivity contribution in [3.63, 3.8) is 0 Å². The number of hydrogen-bond acceptors (Lipinski definition) is 3. The maximum atomic E-state index is 10.5. The summed E-state index contributed by atoms with van der Waals surface area (Å²) < 4.78 is 0.978. The molecule has 0 aliphatic heterocycles. The van der Waals surface area contributed by atoms with Crippen molar-refractivity contribution < 1.29 is 9.59 Å². The molecule has 0 radical (unpaired) electrons. The van der Waals surface area contributed by atoms with Crippen LogP contribution in [-0.2, 0) is 0 Å². The summed E-state index contributed by atoms with van der Waals surface area (Å²) in [7, 11) is 0. The Labute approximate surface area is 78.8 Å². The minimum Gasteiger partial charge on any atom is -0.298 e. The third kappa shape index (κ3) is 1.38. The molecule has 0 saturated heterocycles. The van der Waals surface area contributed by atoms with Crippen LogP contribution >= 0.6 is 11.3 Å². The monoisotopic (exact) mass is 190 g/mol. The van der Waals surface area contributed by atoms with Gasteiger partial charge in [-0.2, -0.15) is 0 Å². The highest BCUT2D eigenvalue weighted by Crippen LogP contribution is 2.24. The predicted molar refractivity (Wildman–Crippen MR) is 52.6 cm³/mol. The third-order valence-electron chi connectivity index (χ3n) is 1.82. The number of rotatable bonds is 2. The molecule has 0 aliphatic rings. The molecule has 2 nitrogen and oxygen atoms in total. The van der Waals surface area contributed by atoms with Gasteiger partial charge in [0.1, 0.15) is 6.29 Å². The molecule has 1 heterocycles. The first-order valence-corrected chi connectivity index (χ1v) is 4.59. The molecular formula is C10H6O2S. The van der Waals surface area contributed by atoms with E-state index in [2.05, 4.69) is 0 Å². The van der Waals surface area contributed by atoms with E-state index in [1.807, 2.05) is 12.1 Å². The smallest absolute Gasteiger partial charge is 0.160 e. The molecule has 0 fully saturated rings. The van der Waals surface area contributed by atoms with E-state index >= 15 is 0 Å². The zero-order valence-corrected chi connectivity index (χ0v) is 7.51. The van der Waals surface area contributed by atoms with Gasteiger partial charge in [0, 0.05) is 10.3 Å². The summed E-state index contributed by atoms with van der Waals surface area (Å²) in [4.78, 5) is 21.6. The molecule has 64 valence electrons. The highest BCUT2D eigenvalue weighted by molar-refractivity contribution is 7.20. The van der Waals surface area contributed by atoms with Crippen molar-refractivity contribution in [3.8, 4) is 0 Å². The summed E-state index contributed by atoms with van der Waals surface area (Å²) in [5.74, 6) is 0. The first-order valence-electron chi connectivity index (χ1n) is 3.77. The normalized spacial score (nSPS) is 10.2. The molecule has 2 rings (SSSR count). The van der Waals surface area contributed by atoms with Crippen molar-refractivity contribution in [2.75, 3.05) is 0 Å². The van der Waals surface area contributed by atoms with Crippen LogP contribution in [0.15, 0.2) is 24.3 Å². The Kier molecular flexibility index (Phi) is 1.94. The number of benzene rings is 1. The zero-order valence-electron chi connectivity index (χ0n) is 6.69. The minimum atomic E-state index is 0.645. The van der Waals surface area contributed by atoms with Crippen molar-refractivity contribution in [3.05, 3.63) is 34.7 Å². The molecule has 0 spiro atoms. The Morgan fingerprint density at radius 2 is 1.92 bits per heavy atom. The van der Waals surface area contributed by atoms with Crippen LogP contribution in [-0.4, -0.2) is 12.6 Å². The van der Waals surface area contributed by atoms with Gasteiger partial charge in [-0.05, 0) is 17.5 Å². The van der Waals surface area contributed by atoms with Crippen LogP contribution in [0.1, 0.15) is 20.0 Å². The highest BCUT2D eigenvalue weighted by Gasteiger charge is 2.00. The van der Waals surface area contributed by atoms with Gasteiger partial charge in [0.25, 0.3) is 0 Å². The Hall–Kier alpha value is -1.48. The van der Waals surface area contributed by atoms with E-state index in [1.165, 1.54) is 11.3 Å². The van der Waals surface area contributed by atoms with Gasteiger partial charge >= 0.3 is 0 Å². The van der Waals surface area contributed by atoms with Crippen LogP contribution < -0.4 is 0 Å². The van der Waals surface area contributed by atoms with E-state index in [9.17, 15) is 9.59 Å². The zero-order chi connectivity index (χ0) is 9.26. The number of aldehydes is 2. The molecule has 0 bridgehead atoms. The van der Waals surface area contributed by atoms with Crippen molar-refractivity contribution in [1.82, 2.24) is 0 Å². The molecule has 0 amide bonds. The van der Waals surface area contributed by atoms with E-state index in [4.69, 9.17) is 0 Å². The molecule has 3 heteroatoms. The minimum absolute atomic E-state index is 0.645. The fourth-order valence-electron chi connectivity index (χ4n) is 1.20. The SMILES string of the molecule is O=Cc1ccc2cc(C=O)sc2c1. The van der Waals surface area contributed by atoms with Crippen LogP contribution in [0.3, 0.4) is 0 Å². The van der Waals surface area contributed by atoms with Crippen LogP contribution in [0.4, 0.5) is 0 Å². The number of fused-ring (bicyclic) bond motifs is 1. The van der Waals surface area contributed by atoms with Crippen molar-refractivity contribution in [2.45, 2.75) is 0 Å². The molecule has 2 aromatic rings. The second kappa shape index (κ2) is 3.11. The van der Waals surface area contributed by atoms with E-state index in [0.717, 1.165) is 22.7 Å². The lowest BCUT2D eigenvalue weighted by atomic mass is 10.2. The third-order valence-corrected chi connectivity index (χ3v) is 2.84. The molecule has 13 heavy (non-hydrogen) atoms. The van der Waals surface area contributed by atoms with Crippen LogP contribution in [0, 0.1) is 0 Å². The first-order chi connectivity index (χ1) is 6.33. The maximum Gasteiger partial charge on any atom is 0.160 e. The molecule has 0 unspecified atom stereocenters. The number of carbonyl (C=O) groups is 2. The van der Waals surface area contributed by atoms with Gasteiger partial charge in [-0.25, -0.2) is 0 Å². The van der Waals surface area contributed by atoms with Crippen LogP contribution in [0.5, 0.6) is 0 Å². The van der Waals surface area contributed by atoms with Gasteiger partial charge in [0.05, 0.1) is 4.88 Å². The van der Waals surface area contributed by atoms with Gasteiger partial charge < -0.3 is 0 Å². The summed E-state index contributed by atoms with van der Waals surface area (Å²) in [5, 5.41) is 1.01. The standard InChI is InChI=1S/C10H6O2S/c11-5-7-1-2-8-4-9(6-12)13-10(8)3-7/h1-6H. The summed E-state index contributed by atoms with van der Waals surface area (Å²) in [6, 6.07) is 7.21. The number of carbonyl (C=O) groups excluding carboxylic acids is 2. The number of thiophene rings is 1. The first kappa shape index (κ1) is 8.13. The Bertz CT molecular complexity index is 465. The topological polar surface area (TPSA) is 34.1 Å². The maximum absolute atomic E-state index is 10.5. The lowest BCUT2D eigenvalue weighted by molar-refractivity contribution is 0.111. The second-order valence-electron chi connectivity index (χ2n) is 2.68. The van der Waals surface area contributed by atoms with Crippen LogP contribution in [0.2, 0.25) is 0 Å². The average Bonchev–Trinajstić information content (AvgIpc) is 2.58. The van der Waals surface area contributed by atoms with E-state index in [0.29, 0.717) is 10.4 Å². The van der Waals surface area contributed by atoms with Gasteiger partial charge in [-0.1, -0.05) is 12.1 Å². The van der Waals surface area contributed by atoms with Gasteiger partial charge in [0.15, 0.2) is 6.29 Å². The molecule has 0 saturated carbocycles. The summed E-state index contributed by atoms with van der Waals surface area (Å²) in [6.07, 6.45) is 1.63. The fourth-order valence-corrected chi connectivity index (χ4v) is 2.13. The van der Waals surface area contributed by atoms with Gasteiger partial charge in [-0.3, -0.25) is 9.59 Å². The highest BCUT2D eigenvalue weighted by atomic mass is 32.1. The Morgan fingerprint density at radius 3 is 2.62 bits per heavy atom. The predicted octanol–water partition coefficient (Wildman–Crippen LogP) is 2.53. The molecule has 0 atom stereocenters. The summed E-state index contributed by atoms with van der Waals surface area (Å²) in [6.45, 7) is 0. The largest absolute Gasteiger partial charge is 0.298 e. The average molecular weight is 190 g/mol. The van der Waals surface area contributed by atoms with Gasteiger partial charge in [0.2, 0.25) is 0 Å². The lowest BCUT2D eigenvalue weighted by Gasteiger charge is -1.89. The molecular weight excluding hydrogens is 184 g/mol. The Balaban J connectivity index is 2.69. The molecule has 0 N–H and O–H groups in total. The number of hydrogen-bond donors (Lipinski definition) is 0. The van der Waals surface area contributed by atoms with E-state index in [-0.39, 0.29) is 0 Å². The molecule has 0 aliphatic carbocycles. The molecule has 1 aromatic heterocycles. The van der Waals surface area contributed by atoms with Crippen molar-refractivity contribution >= 4 is 34.0 Å². The summed E-state index contributed by atoms with van der Waals surface area (Å²) in [5.41, 5.74) is 0.645. The lowest BCUT2D eigenvalue weighted by Crippen LogP contribution is -1.75. The van der Waals surface area contributed by atoms with Gasteiger partial charge in [-0.15, -0.1) is 11.3 Å². The fraction of sp³-hybridized carbons (Fsp3) is 0. The van der Waals surface area contributed by atoms with Crippen molar-refractivity contribution in [2.24, 2.45) is 0 Å². The molecule has 1 aromatic carbocycles. The van der Waals surface area contributed by atoms with E-state index in [1.54, 1.807) is 12.1 Å². The quantitative estimate of drug-likeness (QED) is 0.682. The summed E-state index contributed by atoms with van der Waals surface area (Å²) >= 11 is 1.40. The van der Waals surface area contributed by atoms with E-state index < -0.39 is 0 Å². The Morgan fingerprint density at radius 1 is 1.08 bits per heavy atom. The second-order valence-corrected chi connectivity index (χ2v) is 3.80. The van der Waals surface area contributed by atoms with Crippen LogP contribution in [0.25, 0.3) is 10.1 Å².